The lowest BCUT2D eigenvalue weighted by Crippen LogP contribution is -2.43. The van der Waals surface area contributed by atoms with Crippen LogP contribution in [0.4, 0.5) is 4.79 Å². The van der Waals surface area contributed by atoms with E-state index in [0.717, 1.165) is 11.8 Å². The summed E-state index contributed by atoms with van der Waals surface area (Å²) < 4.78 is 9.64. The minimum absolute atomic E-state index is 0.0855. The molecule has 0 aromatic heterocycles. The Morgan fingerprint density at radius 3 is 2.56 bits per heavy atom. The second-order valence-corrected chi connectivity index (χ2v) is 7.83. The number of carboxylic acid groups (broad SMARTS) is 1. The van der Waals surface area contributed by atoms with Crippen LogP contribution in [0.5, 0.6) is 0 Å². The van der Waals surface area contributed by atoms with Crippen molar-refractivity contribution < 1.29 is 43.7 Å². The van der Waals surface area contributed by atoms with Gasteiger partial charge in [0.2, 0.25) is 12.7 Å². The molecule has 2 atom stereocenters. The van der Waals surface area contributed by atoms with Gasteiger partial charge in [0.15, 0.2) is 0 Å². The fraction of sp³-hybridized carbons (Fsp3) is 0.474. The van der Waals surface area contributed by atoms with Crippen LogP contribution in [0.2, 0.25) is 0 Å². The first-order valence-electron chi connectivity index (χ1n) is 9.55. The summed E-state index contributed by atoms with van der Waals surface area (Å²) in [5.74, 6) is -2.65. The molecule has 1 aliphatic rings. The van der Waals surface area contributed by atoms with Crippen molar-refractivity contribution in [1.29, 1.82) is 0 Å². The van der Waals surface area contributed by atoms with Crippen molar-refractivity contribution in [2.24, 2.45) is 5.92 Å². The van der Waals surface area contributed by atoms with Crippen molar-refractivity contribution in [3.63, 3.8) is 0 Å². The van der Waals surface area contributed by atoms with Gasteiger partial charge < -0.3 is 24.3 Å². The summed E-state index contributed by atoms with van der Waals surface area (Å²) in [5.41, 5.74) is 0.629. The van der Waals surface area contributed by atoms with Crippen molar-refractivity contribution in [3.05, 3.63) is 45.5 Å². The van der Waals surface area contributed by atoms with Gasteiger partial charge in [-0.1, -0.05) is 19.1 Å². The Kier molecular flexibility index (Phi) is 9.25. The van der Waals surface area contributed by atoms with Gasteiger partial charge in [0.1, 0.15) is 12.6 Å². The van der Waals surface area contributed by atoms with E-state index in [0.29, 0.717) is 24.9 Å². The van der Waals surface area contributed by atoms with Gasteiger partial charge in [-0.05, 0) is 42.3 Å². The summed E-state index contributed by atoms with van der Waals surface area (Å²) in [6.07, 6.45) is 1.02. The summed E-state index contributed by atoms with van der Waals surface area (Å²) in [4.78, 5) is 63.1. The number of rotatable bonds is 10. The molecule has 1 aromatic rings. The van der Waals surface area contributed by atoms with Crippen molar-refractivity contribution >= 4 is 34.9 Å². The molecule has 0 unspecified atom stereocenters. The van der Waals surface area contributed by atoms with Crippen LogP contribution in [0, 0.1) is 16.0 Å². The average molecular weight is 470 g/mol. The number of benzene rings is 1. The van der Waals surface area contributed by atoms with Gasteiger partial charge in [-0.15, -0.1) is 10.1 Å². The molecule has 12 nitrogen and oxygen atoms in total. The van der Waals surface area contributed by atoms with Crippen LogP contribution in [-0.4, -0.2) is 63.4 Å². The Balaban J connectivity index is 1.69. The molecule has 0 saturated carbocycles. The number of hydrogen-bond donors (Lipinski definition) is 1. The molecule has 1 aliphatic heterocycles. The fourth-order valence-electron chi connectivity index (χ4n) is 2.96. The van der Waals surface area contributed by atoms with E-state index in [2.05, 4.69) is 4.84 Å². The Hall–Kier alpha value is -3.35. The second kappa shape index (κ2) is 11.9. The molecule has 1 fully saturated rings. The van der Waals surface area contributed by atoms with E-state index in [-0.39, 0.29) is 23.8 Å². The van der Waals surface area contributed by atoms with Gasteiger partial charge >= 0.3 is 17.2 Å². The lowest BCUT2D eigenvalue weighted by molar-refractivity contribution is -0.763. The molecule has 1 amide bonds. The first-order valence-corrected chi connectivity index (χ1v) is 10.5. The van der Waals surface area contributed by atoms with Crippen LogP contribution in [0.15, 0.2) is 24.3 Å². The molecular formula is C19H22N2O10S. The fourth-order valence-corrected chi connectivity index (χ4v) is 3.62. The number of carbonyl (C=O) groups excluding carboxylic acids is 3. The number of thioether (sulfide) groups is 1. The van der Waals surface area contributed by atoms with E-state index in [1.54, 1.807) is 6.92 Å². The van der Waals surface area contributed by atoms with E-state index in [4.69, 9.17) is 14.6 Å². The summed E-state index contributed by atoms with van der Waals surface area (Å²) >= 11 is 0.722. The molecule has 0 aliphatic carbocycles. The van der Waals surface area contributed by atoms with Gasteiger partial charge in [0.05, 0.1) is 5.56 Å². The number of nitrogens with zero attached hydrogens (tertiary/aromatic N) is 2. The first kappa shape index (κ1) is 24.9. The maximum Gasteiger partial charge on any atom is 0.370 e. The van der Waals surface area contributed by atoms with Crippen LogP contribution in [-0.2, 0) is 30.5 Å². The van der Waals surface area contributed by atoms with Crippen LogP contribution in [0.3, 0.4) is 0 Å². The van der Waals surface area contributed by atoms with E-state index in [1.807, 2.05) is 0 Å². The minimum Gasteiger partial charge on any atom is -0.480 e. The van der Waals surface area contributed by atoms with Crippen LogP contribution in [0.1, 0.15) is 35.7 Å². The maximum atomic E-state index is 12.4. The van der Waals surface area contributed by atoms with Gasteiger partial charge in [0.25, 0.3) is 5.09 Å². The third-order valence-corrected chi connectivity index (χ3v) is 5.61. The highest BCUT2D eigenvalue weighted by Crippen LogP contribution is 2.22. The summed E-state index contributed by atoms with van der Waals surface area (Å²) in [5, 5.41) is 17.7. The van der Waals surface area contributed by atoms with Gasteiger partial charge in [-0.25, -0.2) is 14.4 Å². The Labute approximate surface area is 186 Å². The molecule has 13 heteroatoms. The lowest BCUT2D eigenvalue weighted by Gasteiger charge is -2.24. The highest BCUT2D eigenvalue weighted by atomic mass is 32.2. The molecule has 0 radical (unpaired) electrons. The number of amides is 1. The Morgan fingerprint density at radius 2 is 1.94 bits per heavy atom. The third-order valence-electron chi connectivity index (χ3n) is 4.59. The molecule has 1 saturated heterocycles. The molecule has 32 heavy (non-hydrogen) atoms. The minimum atomic E-state index is -1.04. The summed E-state index contributed by atoms with van der Waals surface area (Å²) in [7, 11) is 0. The molecule has 0 spiro atoms. The topological polar surface area (TPSA) is 163 Å². The van der Waals surface area contributed by atoms with E-state index in [9.17, 15) is 29.3 Å². The van der Waals surface area contributed by atoms with Crippen molar-refractivity contribution in [2.75, 3.05) is 19.1 Å². The second-order valence-electron chi connectivity index (χ2n) is 6.88. The van der Waals surface area contributed by atoms with E-state index in [1.165, 1.54) is 29.2 Å². The van der Waals surface area contributed by atoms with Crippen molar-refractivity contribution in [2.45, 2.75) is 32.4 Å². The standard InChI is InChI=1S/C19H22N2O10S/c1-12(16(22)20-8-2-3-15(20)17(23)24)10-32-19(26)30-11-29-18(25)14-6-4-13(5-7-14)9-31-21(27)28/h4-7,12,15H,2-3,8-11H2,1H3,(H,23,24)/t12-,15+/m1/s1. The first-order chi connectivity index (χ1) is 15.2. The molecule has 2 rings (SSSR count). The zero-order chi connectivity index (χ0) is 23.7. The van der Waals surface area contributed by atoms with Crippen molar-refractivity contribution in [3.8, 4) is 0 Å². The monoisotopic (exact) mass is 470 g/mol. The number of hydrogen-bond acceptors (Lipinski definition) is 10. The normalized spacial score (nSPS) is 16.2. The summed E-state index contributed by atoms with van der Waals surface area (Å²) in [6, 6.07) is 4.84. The number of aliphatic carboxylic acids is 1. The van der Waals surface area contributed by atoms with Gasteiger partial charge in [0, 0.05) is 18.2 Å². The average Bonchev–Trinajstić information content (AvgIpc) is 3.26. The lowest BCUT2D eigenvalue weighted by atomic mass is 10.1. The largest absolute Gasteiger partial charge is 0.480 e. The van der Waals surface area contributed by atoms with E-state index >= 15 is 0 Å². The Morgan fingerprint density at radius 1 is 1.25 bits per heavy atom. The van der Waals surface area contributed by atoms with Crippen LogP contribution < -0.4 is 0 Å². The maximum absolute atomic E-state index is 12.4. The molecule has 174 valence electrons. The molecule has 0 bridgehead atoms. The van der Waals surface area contributed by atoms with E-state index < -0.39 is 41.1 Å². The van der Waals surface area contributed by atoms with Gasteiger partial charge in [-0.2, -0.15) is 0 Å². The zero-order valence-corrected chi connectivity index (χ0v) is 17.9. The zero-order valence-electron chi connectivity index (χ0n) is 17.1. The molecule has 1 N–H and O–H groups in total. The molecule has 1 aromatic carbocycles. The SMILES string of the molecule is C[C@H](CSC(=O)OCOC(=O)c1ccc(CO[N+](=O)[O-])cc1)C(=O)N1CCC[C@H]1C(=O)O. The smallest absolute Gasteiger partial charge is 0.370 e. The van der Waals surface area contributed by atoms with Gasteiger partial charge in [-0.3, -0.25) is 4.79 Å². The highest BCUT2D eigenvalue weighted by Gasteiger charge is 2.35. The number of likely N-dealkylation sites (tertiary alicyclic amines) is 1. The molecule has 1 heterocycles. The number of carbonyl (C=O) groups is 4. The highest BCUT2D eigenvalue weighted by molar-refractivity contribution is 8.13. The summed E-state index contributed by atoms with van der Waals surface area (Å²) in [6.45, 7) is 1.08. The predicted molar refractivity (Wildman–Crippen MR) is 109 cm³/mol. The molecular weight excluding hydrogens is 448 g/mol. The number of esters is 1. The quantitative estimate of drug-likeness (QED) is 0.230. The van der Waals surface area contributed by atoms with Crippen LogP contribution >= 0.6 is 11.8 Å². The number of carboxylic acids is 1. The van der Waals surface area contributed by atoms with Crippen molar-refractivity contribution in [1.82, 2.24) is 4.90 Å². The van der Waals surface area contributed by atoms with Crippen LogP contribution in [0.25, 0.3) is 0 Å². The Bertz CT molecular complexity index is 860. The number of ether oxygens (including phenoxy) is 2. The third kappa shape index (κ3) is 7.41. The predicted octanol–water partition coefficient (Wildman–Crippen LogP) is 2.09.